The Balaban J connectivity index is 1.76. The summed E-state index contributed by atoms with van der Waals surface area (Å²) in [6.45, 7) is 0. The molecule has 1 aliphatic carbocycles. The zero-order valence-corrected chi connectivity index (χ0v) is 12.5. The second-order valence-corrected chi connectivity index (χ2v) is 6.55. The number of benzene rings is 2. The van der Waals surface area contributed by atoms with Gasteiger partial charge in [-0.2, -0.15) is 0 Å². The van der Waals surface area contributed by atoms with Crippen LogP contribution in [0.5, 0.6) is 0 Å². The fourth-order valence-corrected chi connectivity index (χ4v) is 4.00. The van der Waals surface area contributed by atoms with E-state index in [0.29, 0.717) is 0 Å². The molecule has 0 aliphatic heterocycles. The largest absolute Gasteiger partial charge is 0.397 e. The number of hydrogen-bond donors (Lipinski definition) is 1. The summed E-state index contributed by atoms with van der Waals surface area (Å²) in [6.07, 6.45) is 5.53. The molecule has 21 heavy (non-hydrogen) atoms. The molecule has 2 N–H and O–H groups in total. The zero-order chi connectivity index (χ0) is 14.2. The van der Waals surface area contributed by atoms with Crippen molar-refractivity contribution in [2.75, 3.05) is 5.73 Å². The second-order valence-electron chi connectivity index (χ2n) is 5.44. The minimum atomic E-state index is 0.740. The van der Waals surface area contributed by atoms with E-state index in [-0.39, 0.29) is 0 Å². The number of anilines is 1. The van der Waals surface area contributed by atoms with E-state index < -0.39 is 0 Å². The Bertz CT molecular complexity index is 827. The molecular formula is C18H16N2S. The summed E-state index contributed by atoms with van der Waals surface area (Å²) in [7, 11) is 0. The number of nitrogens with two attached hydrogens (primary N) is 1. The van der Waals surface area contributed by atoms with Crippen LogP contribution >= 0.6 is 11.8 Å². The number of nitrogen functional groups attached to an aromatic ring is 1. The third-order valence-electron chi connectivity index (χ3n) is 4.06. The third kappa shape index (κ3) is 2.28. The highest BCUT2D eigenvalue weighted by molar-refractivity contribution is 7.99. The van der Waals surface area contributed by atoms with Crippen molar-refractivity contribution in [1.29, 1.82) is 0 Å². The molecule has 2 nitrogen and oxygen atoms in total. The molecule has 1 heterocycles. The molecule has 0 amide bonds. The van der Waals surface area contributed by atoms with Gasteiger partial charge in [0.25, 0.3) is 0 Å². The summed E-state index contributed by atoms with van der Waals surface area (Å²) in [6, 6.07) is 15.0. The SMILES string of the molecule is Nc1ccc(Sc2ccc3c(c2)CCC3)c2cccnc12. The number of hydrogen-bond acceptors (Lipinski definition) is 3. The Morgan fingerprint density at radius 2 is 1.90 bits per heavy atom. The van der Waals surface area contributed by atoms with Gasteiger partial charge in [0.15, 0.2) is 0 Å². The minimum Gasteiger partial charge on any atom is -0.397 e. The molecule has 0 fully saturated rings. The van der Waals surface area contributed by atoms with Gasteiger partial charge in [0, 0.05) is 21.4 Å². The van der Waals surface area contributed by atoms with Crippen LogP contribution < -0.4 is 5.73 Å². The van der Waals surface area contributed by atoms with Crippen molar-refractivity contribution in [3.8, 4) is 0 Å². The van der Waals surface area contributed by atoms with Crippen LogP contribution in [0.4, 0.5) is 5.69 Å². The van der Waals surface area contributed by atoms with Gasteiger partial charge in [-0.3, -0.25) is 4.98 Å². The molecule has 1 aliphatic rings. The van der Waals surface area contributed by atoms with Crippen LogP contribution in [0.25, 0.3) is 10.9 Å². The van der Waals surface area contributed by atoms with E-state index in [4.69, 9.17) is 5.73 Å². The molecule has 0 unspecified atom stereocenters. The van der Waals surface area contributed by atoms with Gasteiger partial charge in [-0.25, -0.2) is 0 Å². The fourth-order valence-electron chi connectivity index (χ4n) is 3.00. The number of aryl methyl sites for hydroxylation is 2. The topological polar surface area (TPSA) is 38.9 Å². The maximum absolute atomic E-state index is 6.02. The van der Waals surface area contributed by atoms with Crippen LogP contribution in [0.1, 0.15) is 17.5 Å². The zero-order valence-electron chi connectivity index (χ0n) is 11.7. The summed E-state index contributed by atoms with van der Waals surface area (Å²) in [5.74, 6) is 0. The quantitative estimate of drug-likeness (QED) is 0.709. The maximum Gasteiger partial charge on any atom is 0.0942 e. The van der Waals surface area contributed by atoms with E-state index in [2.05, 4.69) is 35.3 Å². The van der Waals surface area contributed by atoms with Gasteiger partial charge in [0.05, 0.1) is 11.2 Å². The number of pyridine rings is 1. The smallest absolute Gasteiger partial charge is 0.0942 e. The van der Waals surface area contributed by atoms with Crippen LogP contribution in [0, 0.1) is 0 Å². The van der Waals surface area contributed by atoms with Crippen molar-refractivity contribution in [3.05, 3.63) is 59.8 Å². The van der Waals surface area contributed by atoms with E-state index in [1.54, 1.807) is 18.0 Å². The average molecular weight is 292 g/mol. The van der Waals surface area contributed by atoms with Crippen molar-refractivity contribution in [2.45, 2.75) is 29.1 Å². The van der Waals surface area contributed by atoms with Crippen LogP contribution in [0.3, 0.4) is 0 Å². The molecule has 4 rings (SSSR count). The first-order valence-electron chi connectivity index (χ1n) is 7.24. The van der Waals surface area contributed by atoms with Crippen molar-refractivity contribution in [3.63, 3.8) is 0 Å². The van der Waals surface area contributed by atoms with Crippen LogP contribution in [0.2, 0.25) is 0 Å². The van der Waals surface area contributed by atoms with E-state index in [1.165, 1.54) is 40.2 Å². The summed E-state index contributed by atoms with van der Waals surface area (Å²) < 4.78 is 0. The third-order valence-corrected chi connectivity index (χ3v) is 5.12. The standard InChI is InChI=1S/C18H16N2S/c19-16-8-9-17(15-5-2-10-20-18(15)16)21-14-7-6-12-3-1-4-13(12)11-14/h2,5-11H,1,3-4,19H2. The number of aromatic nitrogens is 1. The first-order chi connectivity index (χ1) is 10.3. The molecule has 0 radical (unpaired) electrons. The van der Waals surface area contributed by atoms with Crippen molar-refractivity contribution < 1.29 is 0 Å². The van der Waals surface area contributed by atoms with Gasteiger partial charge in [0.2, 0.25) is 0 Å². The number of fused-ring (bicyclic) bond motifs is 2. The molecule has 104 valence electrons. The summed E-state index contributed by atoms with van der Waals surface area (Å²) >= 11 is 1.80. The van der Waals surface area contributed by atoms with Crippen LogP contribution in [-0.4, -0.2) is 4.98 Å². The van der Waals surface area contributed by atoms with Crippen molar-refractivity contribution in [1.82, 2.24) is 4.98 Å². The van der Waals surface area contributed by atoms with Gasteiger partial charge in [-0.05, 0) is 60.7 Å². The molecule has 0 saturated heterocycles. The Labute approximate surface area is 128 Å². The first kappa shape index (κ1) is 12.7. The summed E-state index contributed by atoms with van der Waals surface area (Å²) in [5, 5.41) is 1.13. The monoisotopic (exact) mass is 292 g/mol. The van der Waals surface area contributed by atoms with E-state index in [1.807, 2.05) is 12.1 Å². The highest BCUT2D eigenvalue weighted by atomic mass is 32.2. The van der Waals surface area contributed by atoms with Crippen molar-refractivity contribution in [2.24, 2.45) is 0 Å². The Hall–Kier alpha value is -2.00. The molecule has 2 aromatic carbocycles. The highest BCUT2D eigenvalue weighted by Gasteiger charge is 2.12. The van der Waals surface area contributed by atoms with Gasteiger partial charge in [-0.15, -0.1) is 0 Å². The van der Waals surface area contributed by atoms with Gasteiger partial charge >= 0.3 is 0 Å². The molecule has 3 heteroatoms. The molecule has 0 spiro atoms. The Kier molecular flexibility index (Phi) is 3.08. The molecular weight excluding hydrogens is 276 g/mol. The predicted octanol–water partition coefficient (Wildman–Crippen LogP) is 4.46. The molecule has 1 aromatic heterocycles. The minimum absolute atomic E-state index is 0.740. The van der Waals surface area contributed by atoms with Gasteiger partial charge in [-0.1, -0.05) is 23.9 Å². The second kappa shape index (κ2) is 5.08. The Morgan fingerprint density at radius 3 is 2.86 bits per heavy atom. The number of rotatable bonds is 2. The summed E-state index contributed by atoms with van der Waals surface area (Å²) in [4.78, 5) is 6.91. The van der Waals surface area contributed by atoms with Gasteiger partial charge in [0.1, 0.15) is 0 Å². The lowest BCUT2D eigenvalue weighted by Gasteiger charge is -2.09. The fraction of sp³-hybridized carbons (Fsp3) is 0.167. The molecule has 0 atom stereocenters. The van der Waals surface area contributed by atoms with Crippen molar-refractivity contribution >= 4 is 28.4 Å². The molecule has 3 aromatic rings. The lowest BCUT2D eigenvalue weighted by molar-refractivity contribution is 0.911. The predicted molar refractivity (Wildman–Crippen MR) is 88.7 cm³/mol. The normalized spacial score (nSPS) is 13.5. The van der Waals surface area contributed by atoms with E-state index in [9.17, 15) is 0 Å². The van der Waals surface area contributed by atoms with Crippen LogP contribution in [-0.2, 0) is 12.8 Å². The lowest BCUT2D eigenvalue weighted by Crippen LogP contribution is -1.90. The molecule has 0 saturated carbocycles. The first-order valence-corrected chi connectivity index (χ1v) is 8.06. The van der Waals surface area contributed by atoms with Crippen LogP contribution in [0.15, 0.2) is 58.5 Å². The Morgan fingerprint density at radius 1 is 1.00 bits per heavy atom. The maximum atomic E-state index is 6.02. The lowest BCUT2D eigenvalue weighted by atomic mass is 10.1. The average Bonchev–Trinajstić information content (AvgIpc) is 2.98. The van der Waals surface area contributed by atoms with E-state index >= 15 is 0 Å². The van der Waals surface area contributed by atoms with Gasteiger partial charge < -0.3 is 5.73 Å². The molecule has 0 bridgehead atoms. The summed E-state index contributed by atoms with van der Waals surface area (Å²) in [5.41, 5.74) is 10.7. The van der Waals surface area contributed by atoms with E-state index in [0.717, 1.165) is 16.6 Å². The highest BCUT2D eigenvalue weighted by Crippen LogP contribution is 2.36. The number of nitrogens with zero attached hydrogens (tertiary/aromatic N) is 1.